The fourth-order valence-corrected chi connectivity index (χ4v) is 3.18. The van der Waals surface area contributed by atoms with Crippen LogP contribution in [0.5, 0.6) is 0 Å². The zero-order chi connectivity index (χ0) is 12.7. The second-order valence-corrected chi connectivity index (χ2v) is 6.21. The summed E-state index contributed by atoms with van der Waals surface area (Å²) in [5.41, 5.74) is 10.6. The fraction of sp³-hybridized carbons (Fsp3) is 0.143. The van der Waals surface area contributed by atoms with Crippen LogP contribution in [0.15, 0.2) is 45.3 Å². The first-order valence-corrected chi connectivity index (χ1v) is 7.35. The lowest BCUT2D eigenvalue weighted by Gasteiger charge is -2.21. The predicted molar refractivity (Wildman–Crippen MR) is 83.4 cm³/mol. The van der Waals surface area contributed by atoms with Crippen LogP contribution in [0.2, 0.25) is 0 Å². The molecule has 2 aromatic carbocycles. The number of fused-ring (bicyclic) bond motifs is 1. The van der Waals surface area contributed by atoms with Crippen molar-refractivity contribution in [3.8, 4) is 0 Å². The molecule has 18 heavy (non-hydrogen) atoms. The third-order valence-corrected chi connectivity index (χ3v) is 4.20. The molecule has 92 valence electrons. The lowest BCUT2D eigenvalue weighted by molar-refractivity contribution is 0.999. The number of halogens is 2. The molecule has 0 spiro atoms. The van der Waals surface area contributed by atoms with E-state index in [0.717, 1.165) is 33.3 Å². The van der Waals surface area contributed by atoms with Crippen molar-refractivity contribution < 1.29 is 0 Å². The minimum atomic E-state index is 0.806. The molecule has 2 N–H and O–H groups in total. The van der Waals surface area contributed by atoms with Gasteiger partial charge in [0.1, 0.15) is 0 Å². The summed E-state index contributed by atoms with van der Waals surface area (Å²) in [6, 6.07) is 12.5. The third kappa shape index (κ3) is 2.04. The van der Waals surface area contributed by atoms with Crippen LogP contribution in [0, 0.1) is 0 Å². The number of nitrogen functional groups attached to an aromatic ring is 1. The molecule has 3 rings (SSSR count). The Morgan fingerprint density at radius 1 is 0.944 bits per heavy atom. The molecule has 0 aliphatic carbocycles. The highest BCUT2D eigenvalue weighted by Crippen LogP contribution is 2.39. The summed E-state index contributed by atoms with van der Waals surface area (Å²) in [4.78, 5) is 2.28. The number of rotatable bonds is 1. The van der Waals surface area contributed by atoms with Gasteiger partial charge in [0.05, 0.1) is 11.4 Å². The van der Waals surface area contributed by atoms with Gasteiger partial charge in [0.15, 0.2) is 0 Å². The molecule has 2 nitrogen and oxygen atoms in total. The molecule has 0 bridgehead atoms. The Hall–Kier alpha value is -1.00. The maximum atomic E-state index is 6.11. The molecule has 4 heteroatoms. The van der Waals surface area contributed by atoms with Crippen molar-refractivity contribution >= 4 is 48.9 Å². The summed E-state index contributed by atoms with van der Waals surface area (Å²) in [6.45, 7) is 0.984. The van der Waals surface area contributed by atoms with Gasteiger partial charge in [-0.2, -0.15) is 0 Å². The molecule has 0 saturated carbocycles. The third-order valence-electron chi connectivity index (χ3n) is 3.22. The van der Waals surface area contributed by atoms with E-state index in [1.54, 1.807) is 0 Å². The van der Waals surface area contributed by atoms with E-state index < -0.39 is 0 Å². The standard InChI is InChI=1S/C14H12Br2N2/c15-10-1-3-13-9(7-10)5-6-18(13)14-4-2-11(16)8-12(14)17/h1-4,7-8H,5-6,17H2. The maximum Gasteiger partial charge on any atom is 0.0645 e. The monoisotopic (exact) mass is 366 g/mol. The number of nitrogens with two attached hydrogens (primary N) is 1. The summed E-state index contributed by atoms with van der Waals surface area (Å²) in [6.07, 6.45) is 1.06. The first-order chi connectivity index (χ1) is 8.65. The van der Waals surface area contributed by atoms with Gasteiger partial charge in [0.2, 0.25) is 0 Å². The van der Waals surface area contributed by atoms with Gasteiger partial charge in [-0.1, -0.05) is 31.9 Å². The highest BCUT2D eigenvalue weighted by atomic mass is 79.9. The van der Waals surface area contributed by atoms with Crippen LogP contribution in [0.3, 0.4) is 0 Å². The Labute approximate surface area is 123 Å². The summed E-state index contributed by atoms with van der Waals surface area (Å²) in [7, 11) is 0. The second kappa shape index (κ2) is 4.59. The first-order valence-electron chi connectivity index (χ1n) is 5.76. The molecular weight excluding hydrogens is 356 g/mol. The molecule has 2 aromatic rings. The molecule has 0 atom stereocenters. The molecule has 0 saturated heterocycles. The van der Waals surface area contributed by atoms with Crippen molar-refractivity contribution in [2.24, 2.45) is 0 Å². The van der Waals surface area contributed by atoms with Crippen molar-refractivity contribution in [3.05, 3.63) is 50.9 Å². The van der Waals surface area contributed by atoms with E-state index in [1.807, 2.05) is 12.1 Å². The number of nitrogens with zero attached hydrogens (tertiary/aromatic N) is 1. The van der Waals surface area contributed by atoms with Gasteiger partial charge in [0.25, 0.3) is 0 Å². The first kappa shape index (κ1) is 12.1. The van der Waals surface area contributed by atoms with Crippen LogP contribution < -0.4 is 10.6 Å². The van der Waals surface area contributed by atoms with Gasteiger partial charge < -0.3 is 10.6 Å². The highest BCUT2D eigenvalue weighted by Gasteiger charge is 2.21. The molecule has 1 aliphatic heterocycles. The zero-order valence-corrected chi connectivity index (χ0v) is 12.8. The van der Waals surface area contributed by atoms with Crippen LogP contribution >= 0.6 is 31.9 Å². The number of hydrogen-bond acceptors (Lipinski definition) is 2. The molecule has 0 amide bonds. The van der Waals surface area contributed by atoms with Crippen molar-refractivity contribution in [3.63, 3.8) is 0 Å². The molecule has 0 fully saturated rings. The molecule has 0 aromatic heterocycles. The summed E-state index contributed by atoms with van der Waals surface area (Å²) in [5.74, 6) is 0. The number of hydrogen-bond donors (Lipinski definition) is 1. The highest BCUT2D eigenvalue weighted by molar-refractivity contribution is 9.10. The number of benzene rings is 2. The molecule has 0 radical (unpaired) electrons. The lowest BCUT2D eigenvalue weighted by Crippen LogP contribution is -2.14. The van der Waals surface area contributed by atoms with E-state index in [9.17, 15) is 0 Å². The van der Waals surface area contributed by atoms with Gasteiger partial charge in [-0.25, -0.2) is 0 Å². The van der Waals surface area contributed by atoms with Crippen LogP contribution in [0.1, 0.15) is 5.56 Å². The van der Waals surface area contributed by atoms with Crippen LogP contribution in [0.4, 0.5) is 17.1 Å². The van der Waals surface area contributed by atoms with Crippen LogP contribution in [-0.4, -0.2) is 6.54 Å². The summed E-state index contributed by atoms with van der Waals surface area (Å²) < 4.78 is 2.14. The van der Waals surface area contributed by atoms with Crippen molar-refractivity contribution in [2.75, 3.05) is 17.2 Å². The molecule has 1 aliphatic rings. The average Bonchev–Trinajstić information content (AvgIpc) is 2.72. The Balaban J connectivity index is 2.06. The Kier molecular flexibility index (Phi) is 3.08. The fourth-order valence-electron chi connectivity index (χ4n) is 2.39. The van der Waals surface area contributed by atoms with Gasteiger partial charge in [-0.05, 0) is 48.4 Å². The lowest BCUT2D eigenvalue weighted by atomic mass is 10.2. The van der Waals surface area contributed by atoms with Gasteiger partial charge in [-0.15, -0.1) is 0 Å². The SMILES string of the molecule is Nc1cc(Br)ccc1N1CCc2cc(Br)ccc21. The van der Waals surface area contributed by atoms with Crippen molar-refractivity contribution in [1.82, 2.24) is 0 Å². The minimum Gasteiger partial charge on any atom is -0.397 e. The second-order valence-electron chi connectivity index (χ2n) is 4.38. The Bertz CT molecular complexity index is 611. The van der Waals surface area contributed by atoms with E-state index in [4.69, 9.17) is 5.73 Å². The normalized spacial score (nSPS) is 13.8. The van der Waals surface area contributed by atoms with Gasteiger partial charge in [0, 0.05) is 21.2 Å². The van der Waals surface area contributed by atoms with E-state index in [0.29, 0.717) is 0 Å². The Morgan fingerprint density at radius 3 is 2.33 bits per heavy atom. The van der Waals surface area contributed by atoms with E-state index >= 15 is 0 Å². The van der Waals surface area contributed by atoms with Crippen molar-refractivity contribution in [1.29, 1.82) is 0 Å². The quantitative estimate of drug-likeness (QED) is 0.752. The zero-order valence-electron chi connectivity index (χ0n) is 9.66. The van der Waals surface area contributed by atoms with E-state index in [1.165, 1.54) is 11.3 Å². The summed E-state index contributed by atoms with van der Waals surface area (Å²) >= 11 is 6.96. The molecular formula is C14H12Br2N2. The Morgan fingerprint density at radius 2 is 1.61 bits per heavy atom. The van der Waals surface area contributed by atoms with Gasteiger partial charge >= 0.3 is 0 Å². The average molecular weight is 368 g/mol. The minimum absolute atomic E-state index is 0.806. The smallest absolute Gasteiger partial charge is 0.0645 e. The van der Waals surface area contributed by atoms with Crippen LogP contribution in [0.25, 0.3) is 0 Å². The summed E-state index contributed by atoms with van der Waals surface area (Å²) in [5, 5.41) is 0. The molecule has 1 heterocycles. The van der Waals surface area contributed by atoms with Gasteiger partial charge in [-0.3, -0.25) is 0 Å². The predicted octanol–water partition coefficient (Wildman–Crippen LogP) is 4.49. The molecule has 0 unspecified atom stereocenters. The van der Waals surface area contributed by atoms with E-state index in [-0.39, 0.29) is 0 Å². The van der Waals surface area contributed by atoms with Crippen LogP contribution in [-0.2, 0) is 6.42 Å². The van der Waals surface area contributed by atoms with Crippen molar-refractivity contribution in [2.45, 2.75) is 6.42 Å². The van der Waals surface area contributed by atoms with E-state index in [2.05, 4.69) is 61.0 Å². The topological polar surface area (TPSA) is 29.3 Å². The number of anilines is 3. The largest absolute Gasteiger partial charge is 0.397 e. The maximum absolute atomic E-state index is 6.11.